The molecular weight excluding hydrogens is 230 g/mol. The third-order valence-electron chi connectivity index (χ3n) is 3.77. The maximum atomic E-state index is 3.52. The van der Waals surface area contributed by atoms with Crippen LogP contribution in [0.15, 0.2) is 30.3 Å². The molecule has 0 heterocycles. The lowest BCUT2D eigenvalue weighted by molar-refractivity contribution is 0.424. The van der Waals surface area contributed by atoms with Gasteiger partial charge in [-0.2, -0.15) is 0 Å². The molecule has 0 amide bonds. The molecule has 0 bridgehead atoms. The topological polar surface area (TPSA) is 12.0 Å². The van der Waals surface area contributed by atoms with Gasteiger partial charge < -0.3 is 5.32 Å². The fraction of sp³-hybridized carbons (Fsp3) is 0.667. The summed E-state index contributed by atoms with van der Waals surface area (Å²) in [6.07, 6.45) is 9.54. The summed E-state index contributed by atoms with van der Waals surface area (Å²) in [7, 11) is 0. The average molecular weight is 261 g/mol. The Morgan fingerprint density at radius 2 is 1.68 bits per heavy atom. The lowest BCUT2D eigenvalue weighted by Gasteiger charge is -2.17. The number of hydrogen-bond donors (Lipinski definition) is 1. The largest absolute Gasteiger partial charge is 0.317 e. The predicted molar refractivity (Wildman–Crippen MR) is 85.6 cm³/mol. The monoisotopic (exact) mass is 261 g/mol. The van der Waals surface area contributed by atoms with Crippen LogP contribution in [0.4, 0.5) is 0 Å². The fourth-order valence-electron chi connectivity index (χ4n) is 2.61. The summed E-state index contributed by atoms with van der Waals surface area (Å²) >= 11 is 0. The summed E-state index contributed by atoms with van der Waals surface area (Å²) < 4.78 is 0. The Balaban J connectivity index is 2.30. The number of rotatable bonds is 11. The molecule has 1 unspecified atom stereocenters. The van der Waals surface area contributed by atoms with Gasteiger partial charge in [-0.25, -0.2) is 0 Å². The van der Waals surface area contributed by atoms with Crippen LogP contribution in [-0.4, -0.2) is 13.1 Å². The maximum absolute atomic E-state index is 3.52. The van der Waals surface area contributed by atoms with Crippen LogP contribution in [0.3, 0.4) is 0 Å². The molecule has 0 aliphatic heterocycles. The third kappa shape index (κ3) is 8.05. The molecule has 1 aromatic rings. The van der Waals surface area contributed by atoms with Crippen LogP contribution in [0.25, 0.3) is 0 Å². The molecule has 1 N–H and O–H groups in total. The lowest BCUT2D eigenvalue weighted by atomic mass is 9.93. The van der Waals surface area contributed by atoms with Gasteiger partial charge in [0.15, 0.2) is 0 Å². The zero-order valence-electron chi connectivity index (χ0n) is 12.8. The van der Waals surface area contributed by atoms with E-state index >= 15 is 0 Å². The summed E-state index contributed by atoms with van der Waals surface area (Å²) in [4.78, 5) is 0. The maximum Gasteiger partial charge on any atom is -0.00175 e. The van der Waals surface area contributed by atoms with Gasteiger partial charge in [-0.05, 0) is 37.4 Å². The van der Waals surface area contributed by atoms with Crippen LogP contribution >= 0.6 is 0 Å². The molecule has 0 aliphatic rings. The Morgan fingerprint density at radius 3 is 2.37 bits per heavy atom. The minimum Gasteiger partial charge on any atom is -0.317 e. The molecule has 1 heteroatoms. The van der Waals surface area contributed by atoms with E-state index in [9.17, 15) is 0 Å². The van der Waals surface area contributed by atoms with Crippen molar-refractivity contribution in [3.8, 4) is 0 Å². The van der Waals surface area contributed by atoms with E-state index in [4.69, 9.17) is 0 Å². The quantitative estimate of drug-likeness (QED) is 0.563. The van der Waals surface area contributed by atoms with Crippen LogP contribution < -0.4 is 5.32 Å². The second-order valence-electron chi connectivity index (χ2n) is 5.57. The highest BCUT2D eigenvalue weighted by atomic mass is 14.8. The van der Waals surface area contributed by atoms with Crippen molar-refractivity contribution in [3.05, 3.63) is 35.9 Å². The van der Waals surface area contributed by atoms with E-state index in [2.05, 4.69) is 49.5 Å². The van der Waals surface area contributed by atoms with Gasteiger partial charge in [-0.1, -0.05) is 76.3 Å². The minimum absolute atomic E-state index is 0.795. The van der Waals surface area contributed by atoms with Crippen molar-refractivity contribution in [1.29, 1.82) is 0 Å². The Labute approximate surface area is 119 Å². The van der Waals surface area contributed by atoms with Gasteiger partial charge in [-0.3, -0.25) is 0 Å². The highest BCUT2D eigenvalue weighted by Gasteiger charge is 2.08. The zero-order valence-corrected chi connectivity index (χ0v) is 12.8. The third-order valence-corrected chi connectivity index (χ3v) is 3.77. The van der Waals surface area contributed by atoms with Crippen LogP contribution in [0, 0.1) is 5.92 Å². The predicted octanol–water partition coefficient (Wildman–Crippen LogP) is 4.82. The molecule has 0 saturated carbocycles. The first-order chi connectivity index (χ1) is 9.36. The van der Waals surface area contributed by atoms with E-state index in [1.54, 1.807) is 0 Å². The number of unbranched alkanes of at least 4 members (excludes halogenated alkanes) is 4. The molecule has 1 rings (SSSR count). The molecule has 19 heavy (non-hydrogen) atoms. The highest BCUT2D eigenvalue weighted by molar-refractivity contribution is 5.15. The van der Waals surface area contributed by atoms with Crippen LogP contribution in [0.2, 0.25) is 0 Å². The van der Waals surface area contributed by atoms with E-state index in [0.29, 0.717) is 0 Å². The van der Waals surface area contributed by atoms with E-state index in [0.717, 1.165) is 12.5 Å². The molecule has 0 fully saturated rings. The SMILES string of the molecule is CCCCCCCC(CNCC)Cc1ccccc1. The van der Waals surface area contributed by atoms with Crippen molar-refractivity contribution < 1.29 is 0 Å². The average Bonchev–Trinajstić information content (AvgIpc) is 2.45. The van der Waals surface area contributed by atoms with E-state index in [1.807, 2.05) is 0 Å². The zero-order chi connectivity index (χ0) is 13.8. The molecule has 1 aromatic carbocycles. The molecule has 108 valence electrons. The highest BCUT2D eigenvalue weighted by Crippen LogP contribution is 2.16. The molecule has 0 aromatic heterocycles. The summed E-state index contributed by atoms with van der Waals surface area (Å²) in [5, 5.41) is 3.52. The smallest absolute Gasteiger partial charge is 0.00175 e. The number of benzene rings is 1. The van der Waals surface area contributed by atoms with Gasteiger partial charge in [0.25, 0.3) is 0 Å². The number of hydrogen-bond acceptors (Lipinski definition) is 1. The summed E-state index contributed by atoms with van der Waals surface area (Å²) in [6.45, 7) is 6.73. The molecule has 0 spiro atoms. The molecule has 1 nitrogen and oxygen atoms in total. The van der Waals surface area contributed by atoms with E-state index < -0.39 is 0 Å². The summed E-state index contributed by atoms with van der Waals surface area (Å²) in [6, 6.07) is 10.9. The van der Waals surface area contributed by atoms with Crippen molar-refractivity contribution in [3.63, 3.8) is 0 Å². The first-order valence-electron chi connectivity index (χ1n) is 8.11. The standard InChI is InChI=1S/C18H31N/c1-3-5-6-7-9-14-18(16-19-4-2)15-17-12-10-8-11-13-17/h8,10-13,18-19H,3-7,9,14-16H2,1-2H3. The van der Waals surface area contributed by atoms with Gasteiger partial charge in [-0.15, -0.1) is 0 Å². The molecule has 0 saturated heterocycles. The minimum atomic E-state index is 0.795. The Morgan fingerprint density at radius 1 is 0.947 bits per heavy atom. The van der Waals surface area contributed by atoms with E-state index in [-0.39, 0.29) is 0 Å². The van der Waals surface area contributed by atoms with Gasteiger partial charge in [0.05, 0.1) is 0 Å². The van der Waals surface area contributed by atoms with Crippen molar-refractivity contribution in [2.24, 2.45) is 5.92 Å². The van der Waals surface area contributed by atoms with Crippen molar-refractivity contribution in [1.82, 2.24) is 5.32 Å². The molecular formula is C18H31N. The summed E-state index contributed by atoms with van der Waals surface area (Å²) in [5.41, 5.74) is 1.49. The molecule has 0 aliphatic carbocycles. The molecule has 1 atom stereocenters. The van der Waals surface area contributed by atoms with Crippen LogP contribution in [0.1, 0.15) is 57.9 Å². The second kappa shape index (κ2) is 11.0. The first-order valence-corrected chi connectivity index (χ1v) is 8.11. The fourth-order valence-corrected chi connectivity index (χ4v) is 2.61. The van der Waals surface area contributed by atoms with E-state index in [1.165, 1.54) is 57.1 Å². The lowest BCUT2D eigenvalue weighted by Crippen LogP contribution is -2.24. The van der Waals surface area contributed by atoms with Gasteiger partial charge in [0, 0.05) is 0 Å². The van der Waals surface area contributed by atoms with Gasteiger partial charge in [0.1, 0.15) is 0 Å². The second-order valence-corrected chi connectivity index (χ2v) is 5.57. The van der Waals surface area contributed by atoms with Gasteiger partial charge in [0.2, 0.25) is 0 Å². The first kappa shape index (κ1) is 16.2. The van der Waals surface area contributed by atoms with Crippen molar-refractivity contribution in [2.75, 3.05) is 13.1 Å². The van der Waals surface area contributed by atoms with Crippen molar-refractivity contribution >= 4 is 0 Å². The Bertz CT molecular complexity index is 294. The Kier molecular flexibility index (Phi) is 9.44. The van der Waals surface area contributed by atoms with Crippen molar-refractivity contribution in [2.45, 2.75) is 58.8 Å². The van der Waals surface area contributed by atoms with Gasteiger partial charge >= 0.3 is 0 Å². The molecule has 0 radical (unpaired) electrons. The van der Waals surface area contributed by atoms with Crippen LogP contribution in [0.5, 0.6) is 0 Å². The van der Waals surface area contributed by atoms with Crippen LogP contribution in [-0.2, 0) is 6.42 Å². The normalized spacial score (nSPS) is 12.5. The number of nitrogens with one attached hydrogen (secondary N) is 1. The summed E-state index contributed by atoms with van der Waals surface area (Å²) in [5.74, 6) is 0.795. The Hall–Kier alpha value is -0.820.